The number of hydrogen-bond acceptors (Lipinski definition) is 3. The molecule has 0 aromatic heterocycles. The third kappa shape index (κ3) is 1.39. The number of amides is 1. The van der Waals surface area contributed by atoms with Crippen molar-refractivity contribution >= 4 is 15.7 Å². The fourth-order valence-electron chi connectivity index (χ4n) is 1.55. The summed E-state index contributed by atoms with van der Waals surface area (Å²) in [5.41, 5.74) is 0. The molecule has 70 valence electrons. The molecule has 1 aliphatic heterocycles. The Morgan fingerprint density at radius 1 is 1.46 bits per heavy atom. The highest BCUT2D eigenvalue weighted by Crippen LogP contribution is 2.22. The molecule has 1 fully saturated rings. The minimum atomic E-state index is -3.33. The molecule has 1 unspecified atom stereocenters. The van der Waals surface area contributed by atoms with Crippen molar-refractivity contribution < 1.29 is 13.2 Å². The van der Waals surface area contributed by atoms with Gasteiger partial charge in [-0.1, -0.05) is 12.2 Å². The number of rotatable bonds is 0. The van der Waals surface area contributed by atoms with Gasteiger partial charge >= 0.3 is 0 Å². The van der Waals surface area contributed by atoms with Crippen LogP contribution >= 0.6 is 0 Å². The molecular formula is C8H9NO3S. The molecule has 1 N–H and O–H groups in total. The van der Waals surface area contributed by atoms with E-state index in [0.29, 0.717) is 11.3 Å². The van der Waals surface area contributed by atoms with Gasteiger partial charge in [0.15, 0.2) is 9.84 Å². The minimum Gasteiger partial charge on any atom is -0.347 e. The van der Waals surface area contributed by atoms with Crippen molar-refractivity contribution in [3.63, 3.8) is 0 Å². The summed E-state index contributed by atoms with van der Waals surface area (Å²) < 4.78 is 22.9. The number of carbonyl (C=O) groups excluding carboxylic acids is 1. The van der Waals surface area contributed by atoms with E-state index in [1.54, 1.807) is 12.2 Å². The molecule has 0 spiro atoms. The molecule has 0 saturated carbocycles. The highest BCUT2D eigenvalue weighted by atomic mass is 32.2. The van der Waals surface area contributed by atoms with Crippen LogP contribution < -0.4 is 5.32 Å². The van der Waals surface area contributed by atoms with E-state index in [-0.39, 0.29) is 6.04 Å². The van der Waals surface area contributed by atoms with Crippen LogP contribution in [0.5, 0.6) is 0 Å². The molecule has 2 rings (SSSR count). The van der Waals surface area contributed by atoms with Crippen molar-refractivity contribution in [2.45, 2.75) is 12.5 Å². The van der Waals surface area contributed by atoms with Gasteiger partial charge in [0.05, 0.1) is 10.9 Å². The predicted molar refractivity (Wildman–Crippen MR) is 47.6 cm³/mol. The number of carbonyl (C=O) groups is 1. The summed E-state index contributed by atoms with van der Waals surface area (Å²) in [5.74, 6) is -0.819. The largest absolute Gasteiger partial charge is 0.347 e. The van der Waals surface area contributed by atoms with Gasteiger partial charge in [-0.3, -0.25) is 4.79 Å². The maximum absolute atomic E-state index is 11.5. The number of fused-ring (bicyclic) bond motifs is 1. The first-order chi connectivity index (χ1) is 6.09. The molecule has 5 heteroatoms. The molecule has 1 atom stereocenters. The summed E-state index contributed by atoms with van der Waals surface area (Å²) in [6.07, 6.45) is 5.68. The molecule has 0 bridgehead atoms. The SMILES string of the molecule is O=C1CS(=O)(=O)C2=CC=CCC2N1. The molecule has 1 heterocycles. The number of allylic oxidation sites excluding steroid dienone is 2. The molecule has 0 aromatic carbocycles. The molecule has 1 saturated heterocycles. The van der Waals surface area contributed by atoms with Crippen LogP contribution in [0, 0.1) is 0 Å². The van der Waals surface area contributed by atoms with Crippen molar-refractivity contribution in [3.8, 4) is 0 Å². The first kappa shape index (κ1) is 8.50. The van der Waals surface area contributed by atoms with Crippen LogP contribution in [0.15, 0.2) is 23.1 Å². The summed E-state index contributed by atoms with van der Waals surface area (Å²) >= 11 is 0. The molecule has 0 radical (unpaired) electrons. The lowest BCUT2D eigenvalue weighted by Gasteiger charge is -2.26. The van der Waals surface area contributed by atoms with E-state index in [4.69, 9.17) is 0 Å². The van der Waals surface area contributed by atoms with Crippen LogP contribution in [-0.2, 0) is 14.6 Å². The Morgan fingerprint density at radius 3 is 3.00 bits per heavy atom. The van der Waals surface area contributed by atoms with Gasteiger partial charge < -0.3 is 5.32 Å². The van der Waals surface area contributed by atoms with E-state index in [0.717, 1.165) is 0 Å². The maximum atomic E-state index is 11.5. The Hall–Kier alpha value is -1.10. The van der Waals surface area contributed by atoms with Crippen LogP contribution in [0.3, 0.4) is 0 Å². The first-order valence-electron chi connectivity index (χ1n) is 3.98. The fourth-order valence-corrected chi connectivity index (χ4v) is 3.02. The highest BCUT2D eigenvalue weighted by Gasteiger charge is 2.34. The third-order valence-corrected chi connectivity index (χ3v) is 3.91. The molecule has 1 amide bonds. The van der Waals surface area contributed by atoms with Gasteiger partial charge in [-0.25, -0.2) is 8.42 Å². The van der Waals surface area contributed by atoms with Crippen molar-refractivity contribution in [2.24, 2.45) is 0 Å². The molecule has 2 aliphatic rings. The first-order valence-corrected chi connectivity index (χ1v) is 5.64. The summed E-state index contributed by atoms with van der Waals surface area (Å²) in [7, 11) is -3.33. The van der Waals surface area contributed by atoms with E-state index in [2.05, 4.69) is 5.32 Å². The fraction of sp³-hybridized carbons (Fsp3) is 0.375. The highest BCUT2D eigenvalue weighted by molar-refractivity contribution is 7.96. The van der Waals surface area contributed by atoms with Gasteiger partial charge in [0.1, 0.15) is 5.75 Å². The second kappa shape index (κ2) is 2.70. The van der Waals surface area contributed by atoms with E-state index >= 15 is 0 Å². The molecule has 13 heavy (non-hydrogen) atoms. The van der Waals surface area contributed by atoms with Crippen molar-refractivity contribution in [1.82, 2.24) is 5.32 Å². The Morgan fingerprint density at radius 2 is 2.23 bits per heavy atom. The second-order valence-electron chi connectivity index (χ2n) is 3.11. The summed E-state index contributed by atoms with van der Waals surface area (Å²) in [6.45, 7) is 0. The lowest BCUT2D eigenvalue weighted by molar-refractivity contribution is -0.119. The molecule has 0 aromatic rings. The van der Waals surface area contributed by atoms with E-state index in [9.17, 15) is 13.2 Å². The predicted octanol–water partition coefficient (Wildman–Crippen LogP) is -0.257. The van der Waals surface area contributed by atoms with Gasteiger partial charge in [0.2, 0.25) is 5.91 Å². The zero-order chi connectivity index (χ0) is 9.47. The zero-order valence-electron chi connectivity index (χ0n) is 6.86. The van der Waals surface area contributed by atoms with Crippen molar-refractivity contribution in [2.75, 3.05) is 5.75 Å². The summed E-state index contributed by atoms with van der Waals surface area (Å²) in [6, 6.07) is -0.337. The standard InChI is InChI=1S/C8H9NO3S/c10-8-5-13(11,12)7-4-2-1-3-6(7)9-8/h1-2,4,6H,3,5H2,(H,9,10). The quantitative estimate of drug-likeness (QED) is 0.584. The zero-order valence-corrected chi connectivity index (χ0v) is 7.67. The smallest absolute Gasteiger partial charge is 0.236 e. The van der Waals surface area contributed by atoms with Gasteiger partial charge in [0, 0.05) is 0 Å². The van der Waals surface area contributed by atoms with Crippen LogP contribution in [0.4, 0.5) is 0 Å². The van der Waals surface area contributed by atoms with E-state index in [1.807, 2.05) is 6.08 Å². The van der Waals surface area contributed by atoms with Crippen LogP contribution in [0.25, 0.3) is 0 Å². The van der Waals surface area contributed by atoms with Gasteiger partial charge in [0.25, 0.3) is 0 Å². The number of nitrogens with one attached hydrogen (secondary N) is 1. The van der Waals surface area contributed by atoms with Crippen LogP contribution in [-0.4, -0.2) is 26.1 Å². The minimum absolute atomic E-state index is 0.337. The topological polar surface area (TPSA) is 63.2 Å². The van der Waals surface area contributed by atoms with Crippen LogP contribution in [0.2, 0.25) is 0 Å². The molecule has 1 aliphatic carbocycles. The maximum Gasteiger partial charge on any atom is 0.236 e. The average Bonchev–Trinajstić information content (AvgIpc) is 2.02. The Kier molecular flexibility index (Phi) is 1.76. The van der Waals surface area contributed by atoms with E-state index < -0.39 is 21.5 Å². The third-order valence-electron chi connectivity index (χ3n) is 2.13. The monoisotopic (exact) mass is 199 g/mol. The molecule has 4 nitrogen and oxygen atoms in total. The lowest BCUT2D eigenvalue weighted by atomic mass is 10.1. The van der Waals surface area contributed by atoms with Gasteiger partial charge in [-0.2, -0.15) is 0 Å². The summed E-state index contributed by atoms with van der Waals surface area (Å²) in [5, 5.41) is 2.64. The van der Waals surface area contributed by atoms with Gasteiger partial charge in [-0.05, 0) is 12.5 Å². The number of hydrogen-bond donors (Lipinski definition) is 1. The lowest BCUT2D eigenvalue weighted by Crippen LogP contribution is -2.47. The van der Waals surface area contributed by atoms with Gasteiger partial charge in [-0.15, -0.1) is 0 Å². The van der Waals surface area contributed by atoms with Crippen molar-refractivity contribution in [1.29, 1.82) is 0 Å². The Labute approximate surface area is 76.2 Å². The summed E-state index contributed by atoms with van der Waals surface area (Å²) in [4.78, 5) is 11.3. The molecular weight excluding hydrogens is 190 g/mol. The Bertz CT molecular complexity index is 405. The number of sulfone groups is 1. The average molecular weight is 199 g/mol. The van der Waals surface area contributed by atoms with Crippen molar-refractivity contribution in [3.05, 3.63) is 23.1 Å². The van der Waals surface area contributed by atoms with E-state index in [1.165, 1.54) is 0 Å². The second-order valence-corrected chi connectivity index (χ2v) is 5.10. The van der Waals surface area contributed by atoms with Crippen LogP contribution in [0.1, 0.15) is 6.42 Å². The Balaban J connectivity index is 2.46. The normalized spacial score (nSPS) is 30.3.